The lowest BCUT2D eigenvalue weighted by atomic mass is 9.98. The Morgan fingerprint density at radius 2 is 1.71 bits per heavy atom. The minimum atomic E-state index is -4.18. The Labute approximate surface area is 124 Å². The summed E-state index contributed by atoms with van der Waals surface area (Å²) in [4.78, 5) is -0.455. The minimum absolute atomic E-state index is 0.150. The molecule has 5 heteroatoms. The molecule has 0 amide bonds. The zero-order valence-electron chi connectivity index (χ0n) is 11.9. The van der Waals surface area contributed by atoms with Crippen LogP contribution in [0, 0.1) is 5.82 Å². The SMILES string of the molecule is CCC(C)c1ccccc1OS(=O)(=O)c1ccccc1F. The maximum Gasteiger partial charge on any atom is 0.342 e. The molecule has 2 rings (SSSR count). The highest BCUT2D eigenvalue weighted by molar-refractivity contribution is 7.87. The van der Waals surface area contributed by atoms with Gasteiger partial charge in [-0.2, -0.15) is 8.42 Å². The van der Waals surface area contributed by atoms with Crippen LogP contribution in [0.3, 0.4) is 0 Å². The molecule has 0 bridgehead atoms. The van der Waals surface area contributed by atoms with Crippen LogP contribution in [0.25, 0.3) is 0 Å². The van der Waals surface area contributed by atoms with E-state index in [9.17, 15) is 12.8 Å². The van der Waals surface area contributed by atoms with Gasteiger partial charge in [0.15, 0.2) is 0 Å². The van der Waals surface area contributed by atoms with Crippen molar-refractivity contribution in [3.05, 3.63) is 59.9 Å². The average Bonchev–Trinajstić information content (AvgIpc) is 2.47. The first-order chi connectivity index (χ1) is 9.95. The van der Waals surface area contributed by atoms with Gasteiger partial charge in [0, 0.05) is 0 Å². The van der Waals surface area contributed by atoms with Crippen molar-refractivity contribution in [3.63, 3.8) is 0 Å². The number of halogens is 1. The molecule has 1 unspecified atom stereocenters. The smallest absolute Gasteiger partial charge is 0.342 e. The third-order valence-electron chi connectivity index (χ3n) is 3.37. The zero-order valence-corrected chi connectivity index (χ0v) is 12.7. The van der Waals surface area contributed by atoms with Crippen LogP contribution in [0.5, 0.6) is 5.75 Å². The van der Waals surface area contributed by atoms with Crippen LogP contribution in [0.15, 0.2) is 53.4 Å². The molecule has 0 fully saturated rings. The molecule has 0 saturated heterocycles. The topological polar surface area (TPSA) is 43.4 Å². The van der Waals surface area contributed by atoms with Crippen LogP contribution < -0.4 is 4.18 Å². The van der Waals surface area contributed by atoms with Crippen LogP contribution in [0.4, 0.5) is 4.39 Å². The Morgan fingerprint density at radius 3 is 2.38 bits per heavy atom. The molecule has 2 aromatic rings. The molecule has 2 aromatic carbocycles. The summed E-state index contributed by atoms with van der Waals surface area (Å²) < 4.78 is 43.3. The first-order valence-electron chi connectivity index (χ1n) is 6.73. The standard InChI is InChI=1S/C16H17FO3S/c1-3-12(2)13-8-4-6-10-15(13)20-21(18,19)16-11-7-5-9-14(16)17/h4-12H,3H2,1-2H3. The molecule has 0 aliphatic heterocycles. The van der Waals surface area contributed by atoms with Crippen molar-refractivity contribution in [2.45, 2.75) is 31.1 Å². The number of hydrogen-bond donors (Lipinski definition) is 0. The van der Waals surface area contributed by atoms with Crippen LogP contribution in [0.1, 0.15) is 31.7 Å². The lowest BCUT2D eigenvalue weighted by Gasteiger charge is -2.15. The lowest BCUT2D eigenvalue weighted by molar-refractivity contribution is 0.471. The third-order valence-corrected chi connectivity index (χ3v) is 4.64. The predicted molar refractivity (Wildman–Crippen MR) is 79.4 cm³/mol. The van der Waals surface area contributed by atoms with Crippen molar-refractivity contribution in [3.8, 4) is 5.75 Å². The van der Waals surface area contributed by atoms with Crippen LogP contribution in [-0.4, -0.2) is 8.42 Å². The Morgan fingerprint density at radius 1 is 1.10 bits per heavy atom. The zero-order chi connectivity index (χ0) is 15.5. The maximum absolute atomic E-state index is 13.7. The van der Waals surface area contributed by atoms with Gasteiger partial charge in [-0.05, 0) is 36.1 Å². The quantitative estimate of drug-likeness (QED) is 0.781. The Bertz CT molecular complexity index is 726. The van der Waals surface area contributed by atoms with Crippen molar-refractivity contribution in [2.24, 2.45) is 0 Å². The second-order valence-corrected chi connectivity index (χ2v) is 6.33. The summed E-state index contributed by atoms with van der Waals surface area (Å²) >= 11 is 0. The predicted octanol–water partition coefficient (Wildman–Crippen LogP) is 4.11. The summed E-state index contributed by atoms with van der Waals surface area (Å²) in [7, 11) is -4.18. The van der Waals surface area contributed by atoms with E-state index in [4.69, 9.17) is 4.18 Å². The molecule has 0 heterocycles. The van der Waals surface area contributed by atoms with Crippen molar-refractivity contribution in [2.75, 3.05) is 0 Å². The van der Waals surface area contributed by atoms with E-state index in [1.807, 2.05) is 26.0 Å². The molecule has 3 nitrogen and oxygen atoms in total. The molecular formula is C16H17FO3S. The highest BCUT2D eigenvalue weighted by atomic mass is 32.2. The van der Waals surface area contributed by atoms with E-state index < -0.39 is 20.8 Å². The fraction of sp³-hybridized carbons (Fsp3) is 0.250. The molecule has 1 atom stereocenters. The van der Waals surface area contributed by atoms with E-state index in [1.54, 1.807) is 12.1 Å². The fourth-order valence-corrected chi connectivity index (χ4v) is 3.02. The number of hydrogen-bond acceptors (Lipinski definition) is 3. The van der Waals surface area contributed by atoms with Gasteiger partial charge >= 0.3 is 10.1 Å². The summed E-state index contributed by atoms with van der Waals surface area (Å²) in [6.07, 6.45) is 0.847. The van der Waals surface area contributed by atoms with E-state index in [-0.39, 0.29) is 11.7 Å². The molecule has 112 valence electrons. The fourth-order valence-electron chi connectivity index (χ4n) is 1.99. The first kappa shape index (κ1) is 15.5. The molecule has 21 heavy (non-hydrogen) atoms. The van der Waals surface area contributed by atoms with Crippen molar-refractivity contribution >= 4 is 10.1 Å². The molecule has 0 aliphatic rings. The Hall–Kier alpha value is -1.88. The van der Waals surface area contributed by atoms with Gasteiger partial charge < -0.3 is 4.18 Å². The Kier molecular flexibility index (Phi) is 4.63. The van der Waals surface area contributed by atoms with Gasteiger partial charge in [-0.15, -0.1) is 0 Å². The number of benzene rings is 2. The first-order valence-corrected chi connectivity index (χ1v) is 8.14. The minimum Gasteiger partial charge on any atom is -0.379 e. The van der Waals surface area contributed by atoms with Crippen LogP contribution in [0.2, 0.25) is 0 Å². The largest absolute Gasteiger partial charge is 0.379 e. The van der Waals surface area contributed by atoms with E-state index in [1.165, 1.54) is 18.2 Å². The van der Waals surface area contributed by atoms with Crippen molar-refractivity contribution in [1.29, 1.82) is 0 Å². The number of para-hydroxylation sites is 1. The van der Waals surface area contributed by atoms with Crippen LogP contribution >= 0.6 is 0 Å². The second kappa shape index (κ2) is 6.26. The molecule has 0 spiro atoms. The van der Waals surface area contributed by atoms with Crippen molar-refractivity contribution in [1.82, 2.24) is 0 Å². The molecule has 0 aliphatic carbocycles. The summed E-state index contributed by atoms with van der Waals surface area (Å²) in [5.41, 5.74) is 0.792. The normalized spacial score (nSPS) is 12.9. The van der Waals surface area contributed by atoms with Gasteiger partial charge in [0.25, 0.3) is 0 Å². The maximum atomic E-state index is 13.7. The lowest BCUT2D eigenvalue weighted by Crippen LogP contribution is -2.13. The van der Waals surface area contributed by atoms with Gasteiger partial charge in [-0.1, -0.05) is 44.2 Å². The third kappa shape index (κ3) is 3.42. The highest BCUT2D eigenvalue weighted by Gasteiger charge is 2.22. The Balaban J connectivity index is 2.41. The number of rotatable bonds is 5. The van der Waals surface area contributed by atoms with E-state index >= 15 is 0 Å². The van der Waals surface area contributed by atoms with E-state index in [0.717, 1.165) is 18.1 Å². The van der Waals surface area contributed by atoms with Gasteiger partial charge in [0.2, 0.25) is 0 Å². The molecule has 0 saturated carbocycles. The van der Waals surface area contributed by atoms with Crippen molar-refractivity contribution < 1.29 is 17.0 Å². The van der Waals surface area contributed by atoms with Gasteiger partial charge in [0.1, 0.15) is 16.5 Å². The van der Waals surface area contributed by atoms with E-state index in [2.05, 4.69) is 0 Å². The molecular weight excluding hydrogens is 291 g/mol. The monoisotopic (exact) mass is 308 g/mol. The molecule has 0 aromatic heterocycles. The summed E-state index contributed by atoms with van der Waals surface area (Å²) in [5, 5.41) is 0. The van der Waals surface area contributed by atoms with E-state index in [0.29, 0.717) is 0 Å². The summed E-state index contributed by atoms with van der Waals surface area (Å²) in [6, 6.07) is 12.1. The molecule has 0 radical (unpaired) electrons. The van der Waals surface area contributed by atoms with Gasteiger partial charge in [-0.25, -0.2) is 4.39 Å². The van der Waals surface area contributed by atoms with Crippen LogP contribution in [-0.2, 0) is 10.1 Å². The average molecular weight is 308 g/mol. The highest BCUT2D eigenvalue weighted by Crippen LogP contribution is 2.30. The van der Waals surface area contributed by atoms with Gasteiger partial charge in [0.05, 0.1) is 0 Å². The molecule has 0 N–H and O–H groups in total. The van der Waals surface area contributed by atoms with Gasteiger partial charge in [-0.3, -0.25) is 0 Å². The second-order valence-electron chi connectivity index (χ2n) is 4.82. The summed E-state index contributed by atoms with van der Waals surface area (Å²) in [6.45, 7) is 3.99. The summed E-state index contributed by atoms with van der Waals surface area (Å²) in [5.74, 6) is -0.425.